The minimum atomic E-state index is 0.517. The van der Waals surface area contributed by atoms with Crippen LogP contribution in [0.4, 0.5) is 0 Å². The van der Waals surface area contributed by atoms with E-state index in [4.69, 9.17) is 11.6 Å². The molecule has 2 unspecified atom stereocenters. The third kappa shape index (κ3) is 1.33. The van der Waals surface area contributed by atoms with E-state index < -0.39 is 0 Å². The van der Waals surface area contributed by atoms with Crippen LogP contribution in [0.15, 0.2) is 18.2 Å². The highest BCUT2D eigenvalue weighted by molar-refractivity contribution is 6.30. The zero-order valence-corrected chi connectivity index (χ0v) is 9.77. The van der Waals surface area contributed by atoms with Crippen LogP contribution in [-0.4, -0.2) is 13.6 Å². The number of fused-ring (bicyclic) bond motifs is 2. The molecule has 2 heteroatoms. The van der Waals surface area contributed by atoms with Crippen LogP contribution in [0.1, 0.15) is 24.0 Å². The molecule has 0 bridgehead atoms. The molecule has 1 spiro atoms. The highest BCUT2D eigenvalue weighted by atomic mass is 35.5. The summed E-state index contributed by atoms with van der Waals surface area (Å²) in [6.07, 6.45) is 3.91. The van der Waals surface area contributed by atoms with E-state index in [1.807, 2.05) is 13.1 Å². The Morgan fingerprint density at radius 3 is 3.20 bits per heavy atom. The lowest BCUT2D eigenvalue weighted by Crippen LogP contribution is -2.16. The molecule has 3 rings (SSSR count). The first kappa shape index (κ1) is 9.68. The van der Waals surface area contributed by atoms with Crippen molar-refractivity contribution in [2.24, 2.45) is 5.92 Å². The van der Waals surface area contributed by atoms with Crippen LogP contribution in [-0.2, 0) is 11.8 Å². The van der Waals surface area contributed by atoms with Gasteiger partial charge in [0, 0.05) is 10.4 Å². The molecular weight excluding hydrogens is 206 g/mol. The first-order valence-corrected chi connectivity index (χ1v) is 6.07. The lowest BCUT2D eigenvalue weighted by Gasteiger charge is -2.11. The van der Waals surface area contributed by atoms with Gasteiger partial charge in [0.05, 0.1) is 0 Å². The zero-order chi connectivity index (χ0) is 10.5. The van der Waals surface area contributed by atoms with E-state index in [9.17, 15) is 0 Å². The second-order valence-corrected chi connectivity index (χ2v) is 5.35. The predicted octanol–water partition coefficient (Wildman–Crippen LogP) is 2.76. The Bertz CT molecular complexity index is 402. The number of hydrogen-bond acceptors (Lipinski definition) is 1. The topological polar surface area (TPSA) is 12.0 Å². The number of aryl methyl sites for hydroxylation is 1. The molecular formula is C13H16ClN. The van der Waals surface area contributed by atoms with Gasteiger partial charge in [-0.2, -0.15) is 0 Å². The summed E-state index contributed by atoms with van der Waals surface area (Å²) in [5.74, 6) is 0.852. The molecule has 0 heterocycles. The third-order valence-electron chi connectivity index (χ3n) is 4.13. The van der Waals surface area contributed by atoms with E-state index in [-0.39, 0.29) is 0 Å². The summed E-state index contributed by atoms with van der Waals surface area (Å²) >= 11 is 6.02. The number of benzene rings is 1. The molecule has 0 aromatic heterocycles. The molecule has 1 nitrogen and oxygen atoms in total. The van der Waals surface area contributed by atoms with E-state index in [0.29, 0.717) is 5.41 Å². The molecule has 80 valence electrons. The van der Waals surface area contributed by atoms with Crippen molar-refractivity contribution in [2.45, 2.75) is 24.7 Å². The third-order valence-corrected chi connectivity index (χ3v) is 4.36. The molecule has 2 aliphatic carbocycles. The summed E-state index contributed by atoms with van der Waals surface area (Å²) in [5.41, 5.74) is 3.58. The van der Waals surface area contributed by atoms with E-state index in [1.165, 1.54) is 24.8 Å². The number of hydrogen-bond donors (Lipinski definition) is 1. The van der Waals surface area contributed by atoms with E-state index in [1.54, 1.807) is 5.56 Å². The molecule has 2 aliphatic rings. The van der Waals surface area contributed by atoms with Gasteiger partial charge in [0.2, 0.25) is 0 Å². The highest BCUT2D eigenvalue weighted by Gasteiger charge is 2.57. The molecule has 0 radical (unpaired) electrons. The molecule has 1 N–H and O–H groups in total. The minimum Gasteiger partial charge on any atom is -0.319 e. The Balaban J connectivity index is 1.93. The molecule has 1 saturated carbocycles. The van der Waals surface area contributed by atoms with Crippen molar-refractivity contribution in [2.75, 3.05) is 13.6 Å². The van der Waals surface area contributed by atoms with E-state index in [2.05, 4.69) is 17.4 Å². The first-order chi connectivity index (χ1) is 7.26. The second-order valence-electron chi connectivity index (χ2n) is 4.92. The maximum Gasteiger partial charge on any atom is 0.0408 e. The van der Waals surface area contributed by atoms with Gasteiger partial charge in [-0.05, 0) is 62.0 Å². The van der Waals surface area contributed by atoms with Crippen molar-refractivity contribution in [3.63, 3.8) is 0 Å². The Kier molecular flexibility index (Phi) is 2.08. The molecule has 0 aliphatic heterocycles. The lowest BCUT2D eigenvalue weighted by molar-refractivity contribution is 0.572. The van der Waals surface area contributed by atoms with Crippen LogP contribution in [0.3, 0.4) is 0 Å². The zero-order valence-electron chi connectivity index (χ0n) is 9.02. The fourth-order valence-electron chi connectivity index (χ4n) is 3.28. The molecule has 0 amide bonds. The fourth-order valence-corrected chi connectivity index (χ4v) is 3.47. The Labute approximate surface area is 95.8 Å². The fraction of sp³-hybridized carbons (Fsp3) is 0.538. The maximum atomic E-state index is 6.02. The van der Waals surface area contributed by atoms with Gasteiger partial charge in [-0.15, -0.1) is 0 Å². The van der Waals surface area contributed by atoms with Crippen LogP contribution in [0.25, 0.3) is 0 Å². The van der Waals surface area contributed by atoms with Crippen LogP contribution in [0.2, 0.25) is 5.02 Å². The van der Waals surface area contributed by atoms with Gasteiger partial charge in [0.25, 0.3) is 0 Å². The molecule has 1 aromatic carbocycles. The average molecular weight is 222 g/mol. The van der Waals surface area contributed by atoms with E-state index >= 15 is 0 Å². The highest BCUT2D eigenvalue weighted by Crippen LogP contribution is 2.61. The lowest BCUT2D eigenvalue weighted by atomic mass is 9.95. The Hall–Kier alpha value is -0.530. The van der Waals surface area contributed by atoms with Gasteiger partial charge < -0.3 is 5.32 Å². The number of halogens is 1. The summed E-state index contributed by atoms with van der Waals surface area (Å²) in [4.78, 5) is 0. The molecule has 2 atom stereocenters. The van der Waals surface area contributed by atoms with Gasteiger partial charge in [0.1, 0.15) is 0 Å². The molecule has 0 saturated heterocycles. The summed E-state index contributed by atoms with van der Waals surface area (Å²) < 4.78 is 0. The standard InChI is InChI=1S/C13H16ClN/c1-15-8-10-7-13(10)5-4-9-6-11(14)2-3-12(9)13/h2-3,6,10,15H,4-5,7-8H2,1H3. The summed E-state index contributed by atoms with van der Waals surface area (Å²) in [5, 5.41) is 4.18. The van der Waals surface area contributed by atoms with Crippen LogP contribution >= 0.6 is 11.6 Å². The predicted molar refractivity (Wildman–Crippen MR) is 63.5 cm³/mol. The number of rotatable bonds is 2. The van der Waals surface area contributed by atoms with Crippen LogP contribution in [0, 0.1) is 5.92 Å². The summed E-state index contributed by atoms with van der Waals surface area (Å²) in [7, 11) is 2.05. The van der Waals surface area contributed by atoms with E-state index in [0.717, 1.165) is 17.5 Å². The number of nitrogens with one attached hydrogen (secondary N) is 1. The smallest absolute Gasteiger partial charge is 0.0408 e. The maximum absolute atomic E-state index is 6.02. The van der Waals surface area contributed by atoms with Crippen molar-refractivity contribution < 1.29 is 0 Å². The molecule has 15 heavy (non-hydrogen) atoms. The summed E-state index contributed by atoms with van der Waals surface area (Å²) in [6.45, 7) is 1.15. The Morgan fingerprint density at radius 2 is 2.40 bits per heavy atom. The quantitative estimate of drug-likeness (QED) is 0.810. The minimum absolute atomic E-state index is 0.517. The van der Waals surface area contributed by atoms with Crippen LogP contribution in [0.5, 0.6) is 0 Å². The first-order valence-electron chi connectivity index (χ1n) is 5.70. The van der Waals surface area contributed by atoms with Gasteiger partial charge in [-0.3, -0.25) is 0 Å². The van der Waals surface area contributed by atoms with Crippen LogP contribution < -0.4 is 5.32 Å². The van der Waals surface area contributed by atoms with Crippen molar-refractivity contribution in [1.29, 1.82) is 0 Å². The Morgan fingerprint density at radius 1 is 1.53 bits per heavy atom. The second kappa shape index (κ2) is 3.23. The normalized spacial score (nSPS) is 32.0. The van der Waals surface area contributed by atoms with Gasteiger partial charge >= 0.3 is 0 Å². The van der Waals surface area contributed by atoms with Crippen molar-refractivity contribution in [1.82, 2.24) is 5.32 Å². The summed E-state index contributed by atoms with van der Waals surface area (Å²) in [6, 6.07) is 6.45. The van der Waals surface area contributed by atoms with Gasteiger partial charge in [-0.25, -0.2) is 0 Å². The molecule has 1 aromatic rings. The van der Waals surface area contributed by atoms with Gasteiger partial charge in [-0.1, -0.05) is 17.7 Å². The average Bonchev–Trinajstić information content (AvgIpc) is 2.78. The largest absolute Gasteiger partial charge is 0.319 e. The van der Waals surface area contributed by atoms with Gasteiger partial charge in [0.15, 0.2) is 0 Å². The van der Waals surface area contributed by atoms with Crippen molar-refractivity contribution in [3.8, 4) is 0 Å². The van der Waals surface area contributed by atoms with Crippen molar-refractivity contribution >= 4 is 11.6 Å². The van der Waals surface area contributed by atoms with Crippen molar-refractivity contribution in [3.05, 3.63) is 34.3 Å². The monoisotopic (exact) mass is 221 g/mol. The SMILES string of the molecule is CNCC1CC12CCc1cc(Cl)ccc12. The molecule has 1 fully saturated rings.